The second-order valence-electron chi connectivity index (χ2n) is 3.99. The van der Waals surface area contributed by atoms with Crippen LogP contribution in [-0.2, 0) is 4.74 Å². The van der Waals surface area contributed by atoms with Crippen LogP contribution in [0.25, 0.3) is 0 Å². The molecule has 0 bridgehead atoms. The van der Waals surface area contributed by atoms with Crippen LogP contribution in [0, 0.1) is 23.0 Å². The predicted octanol–water partition coefficient (Wildman–Crippen LogP) is 2.60. The lowest BCUT2D eigenvalue weighted by atomic mass is 10.2. The maximum Gasteiger partial charge on any atom is 0.419 e. The van der Waals surface area contributed by atoms with Crippen molar-refractivity contribution in [3.8, 4) is 6.07 Å². The molecular formula is C12H8F5N3O. The van der Waals surface area contributed by atoms with Crippen molar-refractivity contribution in [1.29, 1.82) is 5.26 Å². The highest BCUT2D eigenvalue weighted by Gasteiger charge is 2.43. The number of hydrogen-bond acceptors (Lipinski definition) is 4. The molecule has 0 saturated carbocycles. The Balaban J connectivity index is 2.46. The van der Waals surface area contributed by atoms with E-state index in [1.165, 1.54) is 6.07 Å². The van der Waals surface area contributed by atoms with Gasteiger partial charge >= 0.3 is 6.18 Å². The zero-order valence-corrected chi connectivity index (χ0v) is 10.3. The number of nitriles is 1. The molecule has 1 aromatic carbocycles. The van der Waals surface area contributed by atoms with Gasteiger partial charge < -0.3 is 4.74 Å². The Morgan fingerprint density at radius 3 is 2.67 bits per heavy atom. The van der Waals surface area contributed by atoms with Crippen LogP contribution in [0.2, 0.25) is 0 Å². The van der Waals surface area contributed by atoms with E-state index in [4.69, 9.17) is 10.00 Å². The van der Waals surface area contributed by atoms with Gasteiger partial charge in [0, 0.05) is 6.07 Å². The van der Waals surface area contributed by atoms with E-state index in [9.17, 15) is 22.0 Å². The molecule has 4 nitrogen and oxygen atoms in total. The summed E-state index contributed by atoms with van der Waals surface area (Å²) < 4.78 is 70.1. The number of nitrogens with zero attached hydrogens (tertiary/aromatic N) is 2. The molecule has 1 aliphatic rings. The highest BCUT2D eigenvalue weighted by Crippen LogP contribution is 2.35. The number of nitrogens with one attached hydrogen (secondary N) is 1. The van der Waals surface area contributed by atoms with Crippen LogP contribution in [0.15, 0.2) is 29.7 Å². The van der Waals surface area contributed by atoms with Crippen molar-refractivity contribution in [2.24, 2.45) is 0 Å². The van der Waals surface area contributed by atoms with Crippen molar-refractivity contribution >= 4 is 5.69 Å². The summed E-state index contributed by atoms with van der Waals surface area (Å²) in [6.45, 7) is -1.34. The molecule has 0 aliphatic carbocycles. The first-order valence-electron chi connectivity index (χ1n) is 5.63. The van der Waals surface area contributed by atoms with Crippen LogP contribution >= 0.6 is 0 Å². The van der Waals surface area contributed by atoms with Gasteiger partial charge in [0.15, 0.2) is 6.61 Å². The van der Waals surface area contributed by atoms with Crippen LogP contribution in [0.4, 0.5) is 27.6 Å². The van der Waals surface area contributed by atoms with E-state index in [-0.39, 0.29) is 0 Å². The summed E-state index contributed by atoms with van der Waals surface area (Å²) >= 11 is 0. The minimum absolute atomic E-state index is 0.470. The van der Waals surface area contributed by atoms with E-state index in [1.807, 2.05) is 0 Å². The molecule has 0 unspecified atom stereocenters. The number of benzene rings is 1. The molecule has 1 heterocycles. The molecule has 1 aromatic rings. The Bertz CT molecular complexity index is 620. The van der Waals surface area contributed by atoms with Gasteiger partial charge in [0.1, 0.15) is 23.3 Å². The number of hydrazine groups is 1. The Morgan fingerprint density at radius 2 is 2.05 bits per heavy atom. The van der Waals surface area contributed by atoms with Crippen LogP contribution in [-0.4, -0.2) is 19.3 Å². The fourth-order valence-electron chi connectivity index (χ4n) is 1.77. The Labute approximate surface area is 116 Å². The minimum atomic E-state index is -4.73. The highest BCUT2D eigenvalue weighted by atomic mass is 19.4. The fourth-order valence-corrected chi connectivity index (χ4v) is 1.77. The summed E-state index contributed by atoms with van der Waals surface area (Å²) in [5.41, 5.74) is 0.675. The van der Waals surface area contributed by atoms with Gasteiger partial charge in [0.2, 0.25) is 5.88 Å². The van der Waals surface area contributed by atoms with Gasteiger partial charge in [0.05, 0.1) is 12.2 Å². The van der Waals surface area contributed by atoms with E-state index < -0.39 is 48.1 Å². The lowest BCUT2D eigenvalue weighted by Gasteiger charge is -2.22. The summed E-state index contributed by atoms with van der Waals surface area (Å²) in [6.07, 6.45) is -4.73. The summed E-state index contributed by atoms with van der Waals surface area (Å²) in [5.74, 6) is -2.53. The van der Waals surface area contributed by atoms with Crippen molar-refractivity contribution in [1.82, 2.24) is 5.43 Å². The largest absolute Gasteiger partial charge is 0.462 e. The van der Waals surface area contributed by atoms with Crippen molar-refractivity contribution < 1.29 is 26.7 Å². The van der Waals surface area contributed by atoms with Gasteiger partial charge in [-0.3, -0.25) is 0 Å². The molecule has 2 rings (SSSR count). The van der Waals surface area contributed by atoms with Gasteiger partial charge in [-0.1, -0.05) is 0 Å². The fraction of sp³-hybridized carbons (Fsp3) is 0.250. The monoisotopic (exact) mass is 305 g/mol. The molecule has 0 aromatic heterocycles. The third-order valence-corrected chi connectivity index (χ3v) is 2.64. The molecule has 0 saturated heterocycles. The second-order valence-corrected chi connectivity index (χ2v) is 3.99. The molecule has 0 atom stereocenters. The lowest BCUT2D eigenvalue weighted by Crippen LogP contribution is -2.33. The number of ether oxygens (including phenoxy) is 1. The summed E-state index contributed by atoms with van der Waals surface area (Å²) in [5, 5.41) is 9.06. The average Bonchev–Trinajstić information content (AvgIpc) is 2.82. The lowest BCUT2D eigenvalue weighted by molar-refractivity contribution is -0.0946. The van der Waals surface area contributed by atoms with E-state index in [1.54, 1.807) is 0 Å². The van der Waals surface area contributed by atoms with E-state index in [0.29, 0.717) is 5.01 Å². The zero-order valence-electron chi connectivity index (χ0n) is 10.3. The molecule has 9 heteroatoms. The minimum Gasteiger partial charge on any atom is -0.462 e. The number of halogens is 5. The van der Waals surface area contributed by atoms with E-state index >= 15 is 0 Å². The van der Waals surface area contributed by atoms with Crippen LogP contribution in [0.1, 0.15) is 0 Å². The molecule has 0 spiro atoms. The number of anilines is 1. The quantitative estimate of drug-likeness (QED) is 0.872. The Hall–Kier alpha value is -2.34. The SMILES string of the molecule is N#CCOC1=C(C(F)(F)F)CNN1c1cc(F)ccc1F. The van der Waals surface area contributed by atoms with E-state index in [2.05, 4.69) is 5.43 Å². The zero-order chi connectivity index (χ0) is 15.6. The van der Waals surface area contributed by atoms with Gasteiger partial charge in [-0.2, -0.15) is 18.4 Å². The second kappa shape index (κ2) is 5.57. The Morgan fingerprint density at radius 1 is 1.33 bits per heavy atom. The van der Waals surface area contributed by atoms with Crippen LogP contribution in [0.5, 0.6) is 0 Å². The normalized spacial score (nSPS) is 15.3. The standard InChI is InChI=1S/C12H8F5N3O/c13-7-1-2-9(14)10(5-7)20-11(21-4-3-18)8(6-19-20)12(15,16)17/h1-2,5,19H,4,6H2. The number of alkyl halides is 3. The highest BCUT2D eigenvalue weighted by molar-refractivity contribution is 5.54. The van der Waals surface area contributed by atoms with Crippen molar-refractivity contribution in [2.45, 2.75) is 6.18 Å². The van der Waals surface area contributed by atoms with Crippen molar-refractivity contribution in [3.63, 3.8) is 0 Å². The van der Waals surface area contributed by atoms with Crippen LogP contribution in [0.3, 0.4) is 0 Å². The third kappa shape index (κ3) is 3.05. The summed E-state index contributed by atoms with van der Waals surface area (Å²) in [7, 11) is 0. The van der Waals surface area contributed by atoms with Crippen molar-refractivity contribution in [3.05, 3.63) is 41.3 Å². The smallest absolute Gasteiger partial charge is 0.419 e. The summed E-state index contributed by atoms with van der Waals surface area (Å²) in [4.78, 5) is 0. The van der Waals surface area contributed by atoms with Gasteiger partial charge in [-0.25, -0.2) is 19.2 Å². The molecule has 112 valence electrons. The van der Waals surface area contributed by atoms with Gasteiger partial charge in [-0.05, 0) is 12.1 Å². The molecule has 0 fully saturated rings. The number of hydrogen-bond donors (Lipinski definition) is 1. The molecule has 0 radical (unpaired) electrons. The van der Waals surface area contributed by atoms with Gasteiger partial charge in [0.25, 0.3) is 0 Å². The molecular weight excluding hydrogens is 297 g/mol. The first kappa shape index (κ1) is 15.1. The molecule has 0 amide bonds. The Kier molecular flexibility index (Phi) is 3.99. The third-order valence-electron chi connectivity index (χ3n) is 2.64. The van der Waals surface area contributed by atoms with E-state index in [0.717, 1.165) is 18.2 Å². The predicted molar refractivity (Wildman–Crippen MR) is 61.5 cm³/mol. The van der Waals surface area contributed by atoms with Crippen molar-refractivity contribution in [2.75, 3.05) is 18.2 Å². The average molecular weight is 305 g/mol. The van der Waals surface area contributed by atoms with Crippen LogP contribution < -0.4 is 10.4 Å². The maximum atomic E-state index is 13.7. The maximum absolute atomic E-state index is 13.7. The first-order valence-corrected chi connectivity index (χ1v) is 5.63. The summed E-state index contributed by atoms with van der Waals surface area (Å²) in [6, 6.07) is 3.85. The molecule has 1 N–H and O–H groups in total. The first-order chi connectivity index (χ1) is 9.84. The topological polar surface area (TPSA) is 48.3 Å². The molecule has 21 heavy (non-hydrogen) atoms. The number of rotatable bonds is 3. The molecule has 1 aliphatic heterocycles. The van der Waals surface area contributed by atoms with Gasteiger partial charge in [-0.15, -0.1) is 0 Å².